The molecular weight excluding hydrogens is 352 g/mol. The Morgan fingerprint density at radius 3 is 2.30 bits per heavy atom. The van der Waals surface area contributed by atoms with Gasteiger partial charge < -0.3 is 9.80 Å². The van der Waals surface area contributed by atoms with Crippen LogP contribution in [0.2, 0.25) is 0 Å². The van der Waals surface area contributed by atoms with Gasteiger partial charge in [-0.05, 0) is 43.8 Å². The van der Waals surface area contributed by atoms with Crippen LogP contribution < -0.4 is 4.90 Å². The lowest BCUT2D eigenvalue weighted by atomic mass is 10.2. The molecule has 1 aromatic carbocycles. The zero-order valence-electron chi connectivity index (χ0n) is 14.2. The standard InChI is InChI=1S/C18H25BrN4/c1-4-22(5-2)12-13-23(18-20-11-10-15(3)21-18)14-16-6-8-17(19)9-7-16/h6-11H,4-5,12-14H2,1-3H3. The average Bonchev–Trinajstić information content (AvgIpc) is 2.56. The highest BCUT2D eigenvalue weighted by atomic mass is 79.9. The Labute approximate surface area is 147 Å². The third-order valence-electron chi connectivity index (χ3n) is 3.93. The molecule has 0 aliphatic carbocycles. The molecule has 0 fully saturated rings. The van der Waals surface area contributed by atoms with E-state index in [2.05, 4.69) is 73.8 Å². The summed E-state index contributed by atoms with van der Waals surface area (Å²) in [7, 11) is 0. The summed E-state index contributed by atoms with van der Waals surface area (Å²) in [6, 6.07) is 10.4. The number of nitrogens with zero attached hydrogens (tertiary/aromatic N) is 4. The molecule has 5 heteroatoms. The van der Waals surface area contributed by atoms with Crippen LogP contribution in [0.3, 0.4) is 0 Å². The van der Waals surface area contributed by atoms with Gasteiger partial charge in [-0.15, -0.1) is 0 Å². The third-order valence-corrected chi connectivity index (χ3v) is 4.46. The number of anilines is 1. The quantitative estimate of drug-likeness (QED) is 0.699. The van der Waals surface area contributed by atoms with Gasteiger partial charge in [-0.3, -0.25) is 0 Å². The van der Waals surface area contributed by atoms with E-state index in [0.29, 0.717) is 0 Å². The number of rotatable bonds is 8. The minimum atomic E-state index is 0.806. The van der Waals surface area contributed by atoms with Crippen LogP contribution in [-0.2, 0) is 6.54 Å². The molecule has 2 rings (SSSR count). The number of hydrogen-bond donors (Lipinski definition) is 0. The fourth-order valence-electron chi connectivity index (χ4n) is 2.45. The first kappa shape index (κ1) is 17.9. The second kappa shape index (κ2) is 8.99. The van der Waals surface area contributed by atoms with Gasteiger partial charge >= 0.3 is 0 Å². The smallest absolute Gasteiger partial charge is 0.225 e. The average molecular weight is 377 g/mol. The zero-order valence-corrected chi connectivity index (χ0v) is 15.8. The lowest BCUT2D eigenvalue weighted by Gasteiger charge is -2.26. The third kappa shape index (κ3) is 5.59. The van der Waals surface area contributed by atoms with Crippen LogP contribution in [0.1, 0.15) is 25.1 Å². The summed E-state index contributed by atoms with van der Waals surface area (Å²) in [5, 5.41) is 0. The molecule has 124 valence electrons. The van der Waals surface area contributed by atoms with Crippen molar-refractivity contribution in [2.45, 2.75) is 27.3 Å². The maximum Gasteiger partial charge on any atom is 0.225 e. The summed E-state index contributed by atoms with van der Waals surface area (Å²) < 4.78 is 1.10. The highest BCUT2D eigenvalue weighted by Gasteiger charge is 2.12. The van der Waals surface area contributed by atoms with E-state index >= 15 is 0 Å². The fraction of sp³-hybridized carbons (Fsp3) is 0.444. The first-order valence-electron chi connectivity index (χ1n) is 8.13. The van der Waals surface area contributed by atoms with Crippen LogP contribution in [0.4, 0.5) is 5.95 Å². The van der Waals surface area contributed by atoms with Crippen molar-refractivity contribution in [2.75, 3.05) is 31.1 Å². The second-order valence-electron chi connectivity index (χ2n) is 5.57. The van der Waals surface area contributed by atoms with Gasteiger partial charge in [0.25, 0.3) is 0 Å². The van der Waals surface area contributed by atoms with E-state index in [1.54, 1.807) is 0 Å². The summed E-state index contributed by atoms with van der Waals surface area (Å²) in [5.41, 5.74) is 2.26. The van der Waals surface area contributed by atoms with Crippen molar-refractivity contribution < 1.29 is 0 Å². The molecule has 4 nitrogen and oxygen atoms in total. The maximum absolute atomic E-state index is 4.60. The first-order valence-corrected chi connectivity index (χ1v) is 8.93. The Balaban J connectivity index is 2.15. The normalized spacial score (nSPS) is 11.0. The summed E-state index contributed by atoms with van der Waals surface area (Å²) >= 11 is 3.49. The number of benzene rings is 1. The van der Waals surface area contributed by atoms with E-state index < -0.39 is 0 Å². The van der Waals surface area contributed by atoms with Crippen LogP contribution in [0, 0.1) is 6.92 Å². The van der Waals surface area contributed by atoms with Crippen molar-refractivity contribution in [2.24, 2.45) is 0 Å². The molecule has 0 amide bonds. The van der Waals surface area contributed by atoms with Crippen molar-refractivity contribution in [3.05, 3.63) is 52.3 Å². The van der Waals surface area contributed by atoms with Gasteiger partial charge in [0.05, 0.1) is 0 Å². The SMILES string of the molecule is CCN(CC)CCN(Cc1ccc(Br)cc1)c1nccc(C)n1. The van der Waals surface area contributed by atoms with E-state index in [9.17, 15) is 0 Å². The molecule has 0 bridgehead atoms. The van der Waals surface area contributed by atoms with Crippen molar-refractivity contribution in [1.29, 1.82) is 0 Å². The molecule has 0 spiro atoms. The van der Waals surface area contributed by atoms with Gasteiger partial charge in [0.15, 0.2) is 0 Å². The van der Waals surface area contributed by atoms with Crippen molar-refractivity contribution in [1.82, 2.24) is 14.9 Å². The van der Waals surface area contributed by atoms with Gasteiger partial charge in [0.1, 0.15) is 0 Å². The Morgan fingerprint density at radius 1 is 1.00 bits per heavy atom. The number of likely N-dealkylation sites (N-methyl/N-ethyl adjacent to an activating group) is 1. The predicted molar refractivity (Wildman–Crippen MR) is 99.7 cm³/mol. The van der Waals surface area contributed by atoms with E-state index in [1.165, 1.54) is 5.56 Å². The van der Waals surface area contributed by atoms with Crippen LogP contribution in [0.5, 0.6) is 0 Å². The molecule has 0 aliphatic rings. The van der Waals surface area contributed by atoms with E-state index in [4.69, 9.17) is 0 Å². The molecule has 0 saturated carbocycles. The van der Waals surface area contributed by atoms with E-state index in [0.717, 1.165) is 48.8 Å². The highest BCUT2D eigenvalue weighted by molar-refractivity contribution is 9.10. The van der Waals surface area contributed by atoms with Crippen LogP contribution in [0.15, 0.2) is 41.0 Å². The Kier molecular flexibility index (Phi) is 6.99. The van der Waals surface area contributed by atoms with Crippen molar-refractivity contribution in [3.63, 3.8) is 0 Å². The molecule has 0 aliphatic heterocycles. The van der Waals surface area contributed by atoms with E-state index in [-0.39, 0.29) is 0 Å². The molecule has 2 aromatic rings. The second-order valence-corrected chi connectivity index (χ2v) is 6.49. The van der Waals surface area contributed by atoms with Gasteiger partial charge in [0, 0.05) is 36.0 Å². The van der Waals surface area contributed by atoms with Crippen LogP contribution in [-0.4, -0.2) is 41.0 Å². The lowest BCUT2D eigenvalue weighted by molar-refractivity contribution is 0.308. The highest BCUT2D eigenvalue weighted by Crippen LogP contribution is 2.15. The summed E-state index contributed by atoms with van der Waals surface area (Å²) in [5.74, 6) is 0.806. The molecule has 0 atom stereocenters. The lowest BCUT2D eigenvalue weighted by Crippen LogP contribution is -2.35. The minimum Gasteiger partial charge on any atom is -0.335 e. The molecule has 0 saturated heterocycles. The van der Waals surface area contributed by atoms with Gasteiger partial charge in [-0.2, -0.15) is 0 Å². The van der Waals surface area contributed by atoms with Crippen LogP contribution in [0.25, 0.3) is 0 Å². The maximum atomic E-state index is 4.60. The van der Waals surface area contributed by atoms with Gasteiger partial charge in [-0.1, -0.05) is 41.9 Å². The predicted octanol–water partition coefficient (Wildman–Crippen LogP) is 3.90. The monoisotopic (exact) mass is 376 g/mol. The molecule has 0 unspecified atom stereocenters. The molecular formula is C18H25BrN4. The number of hydrogen-bond acceptors (Lipinski definition) is 4. The largest absolute Gasteiger partial charge is 0.335 e. The molecule has 1 heterocycles. The zero-order chi connectivity index (χ0) is 16.7. The first-order chi connectivity index (χ1) is 11.1. The Hall–Kier alpha value is -1.46. The van der Waals surface area contributed by atoms with Gasteiger partial charge in [-0.25, -0.2) is 9.97 Å². The molecule has 23 heavy (non-hydrogen) atoms. The number of halogens is 1. The summed E-state index contributed by atoms with van der Waals surface area (Å²) in [4.78, 5) is 13.8. The van der Waals surface area contributed by atoms with Crippen molar-refractivity contribution in [3.8, 4) is 0 Å². The Bertz CT molecular complexity index is 596. The van der Waals surface area contributed by atoms with E-state index in [1.807, 2.05) is 19.2 Å². The summed E-state index contributed by atoms with van der Waals surface area (Å²) in [6.07, 6.45) is 1.84. The number of aromatic nitrogens is 2. The minimum absolute atomic E-state index is 0.806. The Morgan fingerprint density at radius 2 is 1.70 bits per heavy atom. The topological polar surface area (TPSA) is 32.3 Å². The van der Waals surface area contributed by atoms with Gasteiger partial charge in [0.2, 0.25) is 5.95 Å². The van der Waals surface area contributed by atoms with Crippen LogP contribution >= 0.6 is 15.9 Å². The molecule has 0 radical (unpaired) electrons. The molecule has 0 N–H and O–H groups in total. The fourth-order valence-corrected chi connectivity index (χ4v) is 2.71. The summed E-state index contributed by atoms with van der Waals surface area (Å²) in [6.45, 7) is 11.3. The number of aryl methyl sites for hydroxylation is 1. The molecule has 1 aromatic heterocycles. The van der Waals surface area contributed by atoms with Crippen molar-refractivity contribution >= 4 is 21.9 Å².